The number of aromatic nitrogens is 4. The first-order chi connectivity index (χ1) is 8.85. The molecule has 0 aliphatic carbocycles. The summed E-state index contributed by atoms with van der Waals surface area (Å²) in [7, 11) is 0. The summed E-state index contributed by atoms with van der Waals surface area (Å²) in [6, 6.07) is 1.84. The van der Waals surface area contributed by atoms with Gasteiger partial charge in [0.25, 0.3) is 0 Å². The van der Waals surface area contributed by atoms with Gasteiger partial charge in [-0.05, 0) is 19.0 Å². The van der Waals surface area contributed by atoms with Gasteiger partial charge in [0.05, 0.1) is 12.2 Å². The van der Waals surface area contributed by atoms with Gasteiger partial charge in [0, 0.05) is 30.7 Å². The van der Waals surface area contributed by atoms with E-state index in [0.717, 1.165) is 30.9 Å². The average molecular weight is 245 g/mol. The van der Waals surface area contributed by atoms with E-state index < -0.39 is 0 Å². The van der Waals surface area contributed by atoms with Crippen molar-refractivity contribution in [1.82, 2.24) is 25.1 Å². The fourth-order valence-electron chi connectivity index (χ4n) is 1.90. The minimum absolute atomic E-state index is 0.0156. The number of nitrogens with zero attached hydrogens (tertiary/aromatic N) is 4. The lowest BCUT2D eigenvalue weighted by Crippen LogP contribution is -2.23. The molecule has 1 unspecified atom stereocenters. The quantitative estimate of drug-likeness (QED) is 0.843. The van der Waals surface area contributed by atoms with Crippen molar-refractivity contribution in [3.05, 3.63) is 42.2 Å². The summed E-state index contributed by atoms with van der Waals surface area (Å²) in [4.78, 5) is 8.64. The maximum Gasteiger partial charge on any atom is 0.149 e. The molecular formula is C13H19N5. The van der Waals surface area contributed by atoms with Crippen LogP contribution in [0.4, 0.5) is 0 Å². The highest BCUT2D eigenvalue weighted by molar-refractivity contribution is 5.19. The van der Waals surface area contributed by atoms with Crippen molar-refractivity contribution in [2.75, 3.05) is 6.54 Å². The van der Waals surface area contributed by atoms with Crippen LogP contribution in [-0.4, -0.2) is 26.3 Å². The Balaban J connectivity index is 2.23. The fourth-order valence-corrected chi connectivity index (χ4v) is 1.90. The summed E-state index contributed by atoms with van der Waals surface area (Å²) in [6.07, 6.45) is 8.56. The highest BCUT2D eigenvalue weighted by Gasteiger charge is 2.17. The summed E-state index contributed by atoms with van der Waals surface area (Å²) in [6.45, 7) is 6.02. The van der Waals surface area contributed by atoms with Crippen molar-refractivity contribution in [3.63, 3.8) is 0 Å². The first kappa shape index (κ1) is 12.7. The van der Waals surface area contributed by atoms with Gasteiger partial charge in [-0.3, -0.25) is 4.68 Å². The number of rotatable bonds is 6. The molecule has 2 aromatic rings. The highest BCUT2D eigenvalue weighted by atomic mass is 15.3. The van der Waals surface area contributed by atoms with Crippen molar-refractivity contribution < 1.29 is 0 Å². The second-order valence-electron chi connectivity index (χ2n) is 4.13. The van der Waals surface area contributed by atoms with Gasteiger partial charge < -0.3 is 5.32 Å². The highest BCUT2D eigenvalue weighted by Crippen LogP contribution is 2.17. The molecule has 0 aromatic carbocycles. The van der Waals surface area contributed by atoms with E-state index >= 15 is 0 Å². The zero-order valence-electron chi connectivity index (χ0n) is 10.9. The molecule has 0 amide bonds. The van der Waals surface area contributed by atoms with Gasteiger partial charge in [-0.1, -0.05) is 13.8 Å². The van der Waals surface area contributed by atoms with Gasteiger partial charge in [0.1, 0.15) is 5.82 Å². The number of hydrogen-bond donors (Lipinski definition) is 1. The minimum atomic E-state index is 0.0156. The normalized spacial score (nSPS) is 12.6. The molecule has 2 aromatic heterocycles. The Morgan fingerprint density at radius 3 is 2.72 bits per heavy atom. The Kier molecular flexibility index (Phi) is 4.41. The van der Waals surface area contributed by atoms with Crippen LogP contribution < -0.4 is 5.32 Å². The SMILES string of the molecule is CCCn1cc(C(NCC)c2ncccn2)cn1. The monoisotopic (exact) mass is 245 g/mol. The standard InChI is InChI=1S/C13H19N5/c1-3-8-18-10-11(9-17-18)12(14-4-2)13-15-6-5-7-16-13/h5-7,9-10,12,14H,3-4,8H2,1-2H3. The van der Waals surface area contributed by atoms with E-state index in [0.29, 0.717) is 0 Å². The van der Waals surface area contributed by atoms with Gasteiger partial charge in [0.2, 0.25) is 0 Å². The molecular weight excluding hydrogens is 226 g/mol. The lowest BCUT2D eigenvalue weighted by Gasteiger charge is -2.14. The average Bonchev–Trinajstić information content (AvgIpc) is 2.86. The van der Waals surface area contributed by atoms with E-state index in [-0.39, 0.29) is 6.04 Å². The molecule has 0 bridgehead atoms. The molecule has 1 N–H and O–H groups in total. The van der Waals surface area contributed by atoms with Crippen LogP contribution in [0.3, 0.4) is 0 Å². The van der Waals surface area contributed by atoms with E-state index in [9.17, 15) is 0 Å². The van der Waals surface area contributed by atoms with Gasteiger partial charge in [-0.25, -0.2) is 9.97 Å². The predicted molar refractivity (Wildman–Crippen MR) is 70.1 cm³/mol. The molecule has 0 aliphatic heterocycles. The molecule has 96 valence electrons. The van der Waals surface area contributed by atoms with Crippen molar-refractivity contribution >= 4 is 0 Å². The molecule has 0 saturated heterocycles. The molecule has 1 atom stereocenters. The zero-order valence-corrected chi connectivity index (χ0v) is 10.9. The molecule has 18 heavy (non-hydrogen) atoms. The molecule has 0 saturated carbocycles. The molecule has 0 spiro atoms. The Hall–Kier alpha value is -1.75. The van der Waals surface area contributed by atoms with Crippen LogP contribution in [0.2, 0.25) is 0 Å². The van der Waals surface area contributed by atoms with Gasteiger partial charge in [-0.2, -0.15) is 5.10 Å². The van der Waals surface area contributed by atoms with Crippen LogP contribution in [0.25, 0.3) is 0 Å². The second kappa shape index (κ2) is 6.26. The van der Waals surface area contributed by atoms with E-state index in [1.54, 1.807) is 12.4 Å². The van der Waals surface area contributed by atoms with E-state index in [4.69, 9.17) is 0 Å². The first-order valence-corrected chi connectivity index (χ1v) is 6.37. The first-order valence-electron chi connectivity index (χ1n) is 6.37. The maximum absolute atomic E-state index is 4.36. The number of hydrogen-bond acceptors (Lipinski definition) is 4. The number of nitrogens with one attached hydrogen (secondary N) is 1. The molecule has 2 rings (SSSR count). The number of aryl methyl sites for hydroxylation is 1. The summed E-state index contributed by atoms with van der Waals surface area (Å²) in [5.74, 6) is 0.787. The van der Waals surface area contributed by atoms with Crippen molar-refractivity contribution in [2.24, 2.45) is 0 Å². The molecule has 2 heterocycles. The largest absolute Gasteiger partial charge is 0.304 e. The van der Waals surface area contributed by atoms with E-state index in [2.05, 4.69) is 40.4 Å². The Bertz CT molecular complexity index is 465. The molecule has 5 heteroatoms. The third kappa shape index (κ3) is 2.92. The third-order valence-electron chi connectivity index (χ3n) is 2.69. The lowest BCUT2D eigenvalue weighted by molar-refractivity contribution is 0.586. The van der Waals surface area contributed by atoms with Crippen LogP contribution in [0.5, 0.6) is 0 Å². The fraction of sp³-hybridized carbons (Fsp3) is 0.462. The zero-order chi connectivity index (χ0) is 12.8. The molecule has 0 aliphatic rings. The van der Waals surface area contributed by atoms with Crippen molar-refractivity contribution in [2.45, 2.75) is 32.9 Å². The van der Waals surface area contributed by atoms with Crippen LogP contribution in [0.15, 0.2) is 30.9 Å². The van der Waals surface area contributed by atoms with Crippen LogP contribution >= 0.6 is 0 Å². The summed E-state index contributed by atoms with van der Waals surface area (Å²) < 4.78 is 1.96. The van der Waals surface area contributed by atoms with Crippen LogP contribution in [0, 0.1) is 0 Å². The molecule has 0 radical (unpaired) electrons. The predicted octanol–water partition coefficient (Wildman–Crippen LogP) is 1.78. The summed E-state index contributed by atoms with van der Waals surface area (Å²) >= 11 is 0. The van der Waals surface area contributed by atoms with Crippen molar-refractivity contribution in [1.29, 1.82) is 0 Å². The lowest BCUT2D eigenvalue weighted by atomic mass is 10.1. The Morgan fingerprint density at radius 2 is 2.06 bits per heavy atom. The Labute approximate surface area is 107 Å². The van der Waals surface area contributed by atoms with Gasteiger partial charge in [-0.15, -0.1) is 0 Å². The third-order valence-corrected chi connectivity index (χ3v) is 2.69. The maximum atomic E-state index is 4.36. The molecule has 5 nitrogen and oxygen atoms in total. The van der Waals surface area contributed by atoms with Crippen LogP contribution in [0.1, 0.15) is 37.7 Å². The minimum Gasteiger partial charge on any atom is -0.304 e. The van der Waals surface area contributed by atoms with Gasteiger partial charge >= 0.3 is 0 Å². The Morgan fingerprint density at radius 1 is 1.28 bits per heavy atom. The summed E-state index contributed by atoms with van der Waals surface area (Å²) in [5.41, 5.74) is 1.11. The topological polar surface area (TPSA) is 55.6 Å². The van der Waals surface area contributed by atoms with Gasteiger partial charge in [0.15, 0.2) is 0 Å². The second-order valence-corrected chi connectivity index (χ2v) is 4.13. The van der Waals surface area contributed by atoms with E-state index in [1.165, 1.54) is 0 Å². The molecule has 0 fully saturated rings. The summed E-state index contributed by atoms with van der Waals surface area (Å²) in [5, 5.41) is 7.75. The smallest absolute Gasteiger partial charge is 0.149 e. The van der Waals surface area contributed by atoms with E-state index in [1.807, 2.05) is 16.9 Å². The van der Waals surface area contributed by atoms with Crippen LogP contribution in [-0.2, 0) is 6.54 Å². The van der Waals surface area contributed by atoms with Crippen molar-refractivity contribution in [3.8, 4) is 0 Å².